The lowest BCUT2D eigenvalue weighted by Crippen LogP contribution is -1.99. The molecular weight excluding hydrogens is 388 g/mol. The number of phenols is 1. The van der Waals surface area contributed by atoms with Gasteiger partial charge in [0, 0.05) is 11.1 Å². The average molecular weight is 429 g/mol. The second kappa shape index (κ2) is 14.6. The largest absolute Gasteiger partial charge is 0.507 e. The van der Waals surface area contributed by atoms with E-state index in [1.165, 1.54) is 51.4 Å². The number of hydrogen-bond acceptors (Lipinski definition) is 4. The smallest absolute Gasteiger partial charge is 0.127 e. The molecule has 0 saturated carbocycles. The maximum atomic E-state index is 10.5. The average Bonchev–Trinajstić information content (AvgIpc) is 2.79. The number of phenolic OH excluding ortho intramolecular Hbond substituents is 1. The van der Waals surface area contributed by atoms with Gasteiger partial charge >= 0.3 is 0 Å². The van der Waals surface area contributed by atoms with Gasteiger partial charge in [-0.05, 0) is 49.2 Å². The fourth-order valence-electron chi connectivity index (χ4n) is 3.60. The molecule has 0 atom stereocenters. The minimum atomic E-state index is 0.199. The third kappa shape index (κ3) is 8.72. The Morgan fingerprint density at radius 1 is 0.645 bits per heavy atom. The van der Waals surface area contributed by atoms with E-state index in [0.29, 0.717) is 24.5 Å². The van der Waals surface area contributed by atoms with Crippen LogP contribution >= 0.6 is 0 Å². The molecule has 2 aromatic carbocycles. The third-order valence-corrected chi connectivity index (χ3v) is 5.46. The Morgan fingerprint density at radius 2 is 1.16 bits per heavy atom. The summed E-state index contributed by atoms with van der Waals surface area (Å²) in [6.45, 7) is 5.82. The van der Waals surface area contributed by atoms with Crippen LogP contribution in [0.1, 0.15) is 78.1 Å². The van der Waals surface area contributed by atoms with Gasteiger partial charge in [0.1, 0.15) is 23.0 Å². The molecule has 0 bridgehead atoms. The van der Waals surface area contributed by atoms with Crippen molar-refractivity contribution >= 4 is 0 Å². The first kappa shape index (κ1) is 24.9. The molecule has 0 heterocycles. The van der Waals surface area contributed by atoms with Crippen molar-refractivity contribution < 1.29 is 19.3 Å². The molecule has 0 aliphatic carbocycles. The van der Waals surface area contributed by atoms with E-state index in [-0.39, 0.29) is 5.75 Å². The van der Waals surface area contributed by atoms with Crippen LogP contribution in [0.15, 0.2) is 36.4 Å². The number of methoxy groups -OCH3 is 1. The molecule has 0 spiro atoms. The number of rotatable bonds is 16. The quantitative estimate of drug-likeness (QED) is 0.277. The van der Waals surface area contributed by atoms with Crippen molar-refractivity contribution in [3.63, 3.8) is 0 Å². The van der Waals surface area contributed by atoms with Crippen LogP contribution in [0, 0.1) is 0 Å². The van der Waals surface area contributed by atoms with Gasteiger partial charge in [0.05, 0.1) is 20.3 Å². The summed E-state index contributed by atoms with van der Waals surface area (Å²) in [6.07, 6.45) is 12.0. The number of benzene rings is 2. The van der Waals surface area contributed by atoms with Crippen LogP contribution in [0.4, 0.5) is 0 Å². The molecule has 0 unspecified atom stereocenters. The monoisotopic (exact) mass is 428 g/mol. The zero-order valence-corrected chi connectivity index (χ0v) is 19.6. The van der Waals surface area contributed by atoms with Gasteiger partial charge in [-0.15, -0.1) is 0 Å². The predicted octanol–water partition coefficient (Wildman–Crippen LogP) is 7.77. The molecule has 0 aromatic heterocycles. The first-order valence-corrected chi connectivity index (χ1v) is 12.0. The lowest BCUT2D eigenvalue weighted by Gasteiger charge is -2.15. The Kier molecular flexibility index (Phi) is 11.7. The zero-order chi connectivity index (χ0) is 22.3. The zero-order valence-electron chi connectivity index (χ0n) is 19.6. The molecule has 0 saturated heterocycles. The van der Waals surface area contributed by atoms with Crippen LogP contribution < -0.4 is 14.2 Å². The standard InChI is InChI=1S/C27H40O4/c1-4-6-8-10-12-18-30-22-14-16-26(28)24(20-22)25-21-23(15-17-27(25)29-3)31-19-13-11-9-7-5-2/h14-17,20-21,28H,4-13,18-19H2,1-3H3. The van der Waals surface area contributed by atoms with Gasteiger partial charge in [-0.1, -0.05) is 65.2 Å². The summed E-state index contributed by atoms with van der Waals surface area (Å²) in [5.41, 5.74) is 1.49. The lowest BCUT2D eigenvalue weighted by atomic mass is 10.0. The molecule has 0 aliphatic rings. The van der Waals surface area contributed by atoms with Crippen LogP contribution in [0.25, 0.3) is 11.1 Å². The fraction of sp³-hybridized carbons (Fsp3) is 0.556. The fourth-order valence-corrected chi connectivity index (χ4v) is 3.60. The van der Waals surface area contributed by atoms with Gasteiger partial charge in [-0.2, -0.15) is 0 Å². The summed E-state index contributed by atoms with van der Waals surface area (Å²) in [5.74, 6) is 2.44. The maximum Gasteiger partial charge on any atom is 0.127 e. The summed E-state index contributed by atoms with van der Waals surface area (Å²) >= 11 is 0. The maximum absolute atomic E-state index is 10.5. The number of ether oxygens (including phenoxy) is 3. The molecule has 172 valence electrons. The van der Waals surface area contributed by atoms with Gasteiger partial charge in [-0.25, -0.2) is 0 Å². The highest BCUT2D eigenvalue weighted by Gasteiger charge is 2.13. The van der Waals surface area contributed by atoms with Crippen molar-refractivity contribution in [2.24, 2.45) is 0 Å². The molecule has 4 nitrogen and oxygen atoms in total. The van der Waals surface area contributed by atoms with Crippen molar-refractivity contribution in [1.82, 2.24) is 0 Å². The van der Waals surface area contributed by atoms with Gasteiger partial charge in [0.25, 0.3) is 0 Å². The van der Waals surface area contributed by atoms with Crippen molar-refractivity contribution in [3.05, 3.63) is 36.4 Å². The molecule has 0 aliphatic heterocycles. The molecule has 31 heavy (non-hydrogen) atoms. The minimum Gasteiger partial charge on any atom is -0.507 e. The molecule has 1 N–H and O–H groups in total. The summed E-state index contributed by atoms with van der Waals surface area (Å²) in [5, 5.41) is 10.5. The Labute approximate surface area is 188 Å². The second-order valence-electron chi connectivity index (χ2n) is 8.07. The van der Waals surface area contributed by atoms with E-state index in [4.69, 9.17) is 14.2 Å². The molecule has 0 amide bonds. The molecule has 0 fully saturated rings. The predicted molar refractivity (Wildman–Crippen MR) is 129 cm³/mol. The minimum absolute atomic E-state index is 0.199. The van der Waals surface area contributed by atoms with Gasteiger partial charge < -0.3 is 19.3 Å². The van der Waals surface area contributed by atoms with E-state index in [2.05, 4.69) is 13.8 Å². The van der Waals surface area contributed by atoms with Crippen molar-refractivity contribution in [3.8, 4) is 34.1 Å². The molecular formula is C27H40O4. The highest BCUT2D eigenvalue weighted by molar-refractivity contribution is 5.77. The Balaban J connectivity index is 2.03. The molecule has 2 rings (SSSR count). The Bertz CT molecular complexity index is 757. The third-order valence-electron chi connectivity index (χ3n) is 5.46. The van der Waals surface area contributed by atoms with Crippen LogP contribution in [0.2, 0.25) is 0 Å². The number of aromatic hydroxyl groups is 1. The second-order valence-corrected chi connectivity index (χ2v) is 8.07. The van der Waals surface area contributed by atoms with Crippen molar-refractivity contribution in [2.45, 2.75) is 78.1 Å². The van der Waals surface area contributed by atoms with E-state index >= 15 is 0 Å². The van der Waals surface area contributed by atoms with Crippen LogP contribution in [-0.4, -0.2) is 25.4 Å². The Hall–Kier alpha value is -2.36. The summed E-state index contributed by atoms with van der Waals surface area (Å²) in [7, 11) is 1.64. The number of unbranched alkanes of at least 4 members (excludes halogenated alkanes) is 8. The summed E-state index contributed by atoms with van der Waals surface area (Å²) < 4.78 is 17.4. The Morgan fingerprint density at radius 3 is 1.71 bits per heavy atom. The van der Waals surface area contributed by atoms with E-state index in [9.17, 15) is 5.11 Å². The SMILES string of the molecule is CCCCCCCOc1ccc(O)c(-c2cc(OCCCCCCC)ccc2OC)c1. The van der Waals surface area contributed by atoms with Gasteiger partial charge in [0.15, 0.2) is 0 Å². The van der Waals surface area contributed by atoms with Crippen LogP contribution in [-0.2, 0) is 0 Å². The topological polar surface area (TPSA) is 47.9 Å². The summed E-state index contributed by atoms with van der Waals surface area (Å²) in [6, 6.07) is 11.1. The molecule has 4 heteroatoms. The normalized spacial score (nSPS) is 10.8. The highest BCUT2D eigenvalue weighted by Crippen LogP contribution is 2.40. The van der Waals surface area contributed by atoms with E-state index in [1.807, 2.05) is 30.3 Å². The molecule has 2 aromatic rings. The van der Waals surface area contributed by atoms with Crippen LogP contribution in [0.3, 0.4) is 0 Å². The number of hydrogen-bond donors (Lipinski definition) is 1. The van der Waals surface area contributed by atoms with E-state index in [0.717, 1.165) is 29.9 Å². The van der Waals surface area contributed by atoms with Gasteiger partial charge in [-0.3, -0.25) is 0 Å². The van der Waals surface area contributed by atoms with Gasteiger partial charge in [0.2, 0.25) is 0 Å². The summed E-state index contributed by atoms with van der Waals surface area (Å²) in [4.78, 5) is 0. The van der Waals surface area contributed by atoms with E-state index < -0.39 is 0 Å². The van der Waals surface area contributed by atoms with Crippen molar-refractivity contribution in [2.75, 3.05) is 20.3 Å². The first-order valence-electron chi connectivity index (χ1n) is 12.0. The highest BCUT2D eigenvalue weighted by atomic mass is 16.5. The van der Waals surface area contributed by atoms with E-state index in [1.54, 1.807) is 13.2 Å². The first-order chi connectivity index (χ1) is 15.2. The van der Waals surface area contributed by atoms with Crippen LogP contribution in [0.5, 0.6) is 23.0 Å². The van der Waals surface area contributed by atoms with Crippen molar-refractivity contribution in [1.29, 1.82) is 0 Å². The lowest BCUT2D eigenvalue weighted by molar-refractivity contribution is 0.303. The molecule has 0 radical (unpaired) electrons.